The van der Waals surface area contributed by atoms with Crippen LogP contribution in [0.15, 0.2) is 42.5 Å². The summed E-state index contributed by atoms with van der Waals surface area (Å²) < 4.78 is 10.8. The Kier molecular flexibility index (Phi) is 6.11. The van der Waals surface area contributed by atoms with Gasteiger partial charge in [-0.05, 0) is 31.5 Å². The van der Waals surface area contributed by atoms with Gasteiger partial charge in [0.05, 0.1) is 20.3 Å². The van der Waals surface area contributed by atoms with Gasteiger partial charge in [0.1, 0.15) is 17.5 Å². The lowest BCUT2D eigenvalue weighted by Crippen LogP contribution is -2.53. The van der Waals surface area contributed by atoms with Crippen molar-refractivity contribution in [3.05, 3.63) is 53.6 Å². The molecule has 2 saturated heterocycles. The van der Waals surface area contributed by atoms with Gasteiger partial charge in [-0.3, -0.25) is 4.79 Å². The van der Waals surface area contributed by atoms with Gasteiger partial charge in [-0.2, -0.15) is 0 Å². The fraction of sp³-hybridized carbons (Fsp3) is 0.435. The molecule has 0 aliphatic carbocycles. The van der Waals surface area contributed by atoms with Gasteiger partial charge >= 0.3 is 0 Å². The molecule has 2 fully saturated rings. The third-order valence-corrected chi connectivity index (χ3v) is 6.01. The number of benzene rings is 2. The first-order chi connectivity index (χ1) is 14.6. The summed E-state index contributed by atoms with van der Waals surface area (Å²) in [5.41, 5.74) is 9.96. The number of hydrogen-bond donors (Lipinski definition) is 2. The molecule has 0 aromatic heterocycles. The molecule has 2 N–H and O–H groups in total. The van der Waals surface area contributed by atoms with Gasteiger partial charge in [-0.15, -0.1) is 0 Å². The minimum absolute atomic E-state index is 0.00801. The maximum Gasteiger partial charge on any atom is 0.241 e. The van der Waals surface area contributed by atoms with Crippen molar-refractivity contribution in [3.8, 4) is 11.5 Å². The number of methoxy groups -OCH3 is 2. The van der Waals surface area contributed by atoms with Crippen LogP contribution in [0.4, 0.5) is 5.69 Å². The number of hydrazine groups is 1. The number of anilines is 1. The molecule has 2 aromatic carbocycles. The highest BCUT2D eigenvalue weighted by Gasteiger charge is 2.35. The first-order valence-electron chi connectivity index (χ1n) is 10.4. The molecule has 2 heterocycles. The fourth-order valence-electron chi connectivity index (χ4n) is 4.19. The Labute approximate surface area is 177 Å². The van der Waals surface area contributed by atoms with E-state index in [0.717, 1.165) is 43.2 Å². The molecule has 30 heavy (non-hydrogen) atoms. The summed E-state index contributed by atoms with van der Waals surface area (Å²) in [6.07, 6.45) is 0.680. The molecular weight excluding hydrogens is 380 g/mol. The summed E-state index contributed by atoms with van der Waals surface area (Å²) >= 11 is 0. The Balaban J connectivity index is 1.35. The fourth-order valence-corrected chi connectivity index (χ4v) is 4.19. The molecule has 2 aromatic rings. The normalized spacial score (nSPS) is 21.6. The van der Waals surface area contributed by atoms with Crippen molar-refractivity contribution in [2.24, 2.45) is 0 Å². The number of ether oxygens (including phenoxy) is 2. The second-order valence-corrected chi connectivity index (χ2v) is 7.89. The van der Waals surface area contributed by atoms with Gasteiger partial charge in [0.25, 0.3) is 0 Å². The number of piperazine rings is 1. The molecule has 2 unspecified atom stereocenters. The minimum atomic E-state index is -0.243. The van der Waals surface area contributed by atoms with E-state index in [1.165, 1.54) is 11.3 Å². The average molecular weight is 411 g/mol. The van der Waals surface area contributed by atoms with Gasteiger partial charge < -0.3 is 19.3 Å². The molecule has 7 nitrogen and oxygen atoms in total. The SMILES string of the molecule is COc1ccc(C2CC(C(=O)N3CCN(c4ccc(C)cc4)CC3)NN2)c(OC)c1. The average Bonchev–Trinajstić information content (AvgIpc) is 3.29. The molecule has 2 aliphatic heterocycles. The first-order valence-corrected chi connectivity index (χ1v) is 10.4. The molecule has 7 heteroatoms. The van der Waals surface area contributed by atoms with Crippen LogP contribution in [0, 0.1) is 6.92 Å². The predicted molar refractivity (Wildman–Crippen MR) is 117 cm³/mol. The molecule has 0 saturated carbocycles. The zero-order valence-electron chi connectivity index (χ0n) is 17.9. The second-order valence-electron chi connectivity index (χ2n) is 7.89. The van der Waals surface area contributed by atoms with Gasteiger partial charge in [0.15, 0.2) is 0 Å². The van der Waals surface area contributed by atoms with Gasteiger partial charge in [0.2, 0.25) is 5.91 Å². The maximum atomic E-state index is 13.1. The van der Waals surface area contributed by atoms with E-state index in [9.17, 15) is 4.79 Å². The lowest BCUT2D eigenvalue weighted by molar-refractivity contribution is -0.133. The quantitative estimate of drug-likeness (QED) is 0.788. The Hall–Kier alpha value is -2.77. The highest BCUT2D eigenvalue weighted by molar-refractivity contribution is 5.82. The van der Waals surface area contributed by atoms with Crippen molar-refractivity contribution in [3.63, 3.8) is 0 Å². The van der Waals surface area contributed by atoms with Crippen molar-refractivity contribution in [2.45, 2.75) is 25.4 Å². The number of rotatable bonds is 5. The van der Waals surface area contributed by atoms with Crippen molar-refractivity contribution in [1.29, 1.82) is 0 Å². The highest BCUT2D eigenvalue weighted by Crippen LogP contribution is 2.33. The summed E-state index contributed by atoms with van der Waals surface area (Å²) in [6, 6.07) is 14.1. The first kappa shape index (κ1) is 20.5. The number of carbonyl (C=O) groups is 1. The van der Waals surface area contributed by atoms with Crippen LogP contribution in [0.3, 0.4) is 0 Å². The summed E-state index contributed by atoms with van der Waals surface area (Å²) in [6.45, 7) is 5.27. The monoisotopic (exact) mass is 410 g/mol. The van der Waals surface area contributed by atoms with E-state index < -0.39 is 0 Å². The molecule has 0 bridgehead atoms. The smallest absolute Gasteiger partial charge is 0.241 e. The summed E-state index contributed by atoms with van der Waals surface area (Å²) in [4.78, 5) is 17.4. The number of nitrogens with one attached hydrogen (secondary N) is 2. The van der Waals surface area contributed by atoms with E-state index in [-0.39, 0.29) is 18.0 Å². The summed E-state index contributed by atoms with van der Waals surface area (Å²) in [5.74, 6) is 1.66. The lowest BCUT2D eigenvalue weighted by Gasteiger charge is -2.37. The molecule has 1 amide bonds. The Bertz CT molecular complexity index is 879. The minimum Gasteiger partial charge on any atom is -0.497 e. The van der Waals surface area contributed by atoms with Crippen molar-refractivity contribution >= 4 is 11.6 Å². The zero-order valence-corrected chi connectivity index (χ0v) is 17.9. The molecule has 4 rings (SSSR count). The van der Waals surface area contributed by atoms with Crippen LogP contribution >= 0.6 is 0 Å². The van der Waals surface area contributed by atoms with E-state index in [1.807, 2.05) is 23.1 Å². The van der Waals surface area contributed by atoms with E-state index >= 15 is 0 Å². The predicted octanol–water partition coefficient (Wildman–Crippen LogP) is 2.27. The Morgan fingerprint density at radius 1 is 0.967 bits per heavy atom. The van der Waals surface area contributed by atoms with Crippen LogP contribution in [-0.2, 0) is 4.79 Å². The summed E-state index contributed by atoms with van der Waals surface area (Å²) in [7, 11) is 3.29. The van der Waals surface area contributed by atoms with E-state index in [2.05, 4.69) is 46.9 Å². The van der Waals surface area contributed by atoms with Crippen molar-refractivity contribution in [1.82, 2.24) is 15.8 Å². The third kappa shape index (κ3) is 4.22. The van der Waals surface area contributed by atoms with Crippen LogP contribution in [0.1, 0.15) is 23.6 Å². The highest BCUT2D eigenvalue weighted by atomic mass is 16.5. The maximum absolute atomic E-state index is 13.1. The van der Waals surface area contributed by atoms with Crippen molar-refractivity contribution < 1.29 is 14.3 Å². The zero-order chi connectivity index (χ0) is 21.1. The standard InChI is InChI=1S/C23H30N4O3/c1-16-4-6-17(7-5-16)26-10-12-27(13-11-26)23(28)21-15-20(24-25-21)19-9-8-18(29-2)14-22(19)30-3/h4-9,14,20-21,24-25H,10-13,15H2,1-3H3. The lowest BCUT2D eigenvalue weighted by atomic mass is 10.00. The van der Waals surface area contributed by atoms with Crippen molar-refractivity contribution in [2.75, 3.05) is 45.3 Å². The number of aryl methyl sites for hydroxylation is 1. The molecule has 0 radical (unpaired) electrons. The van der Waals surface area contributed by atoms with E-state index in [4.69, 9.17) is 9.47 Å². The number of carbonyl (C=O) groups excluding carboxylic acids is 1. The van der Waals surface area contributed by atoms with Crippen LogP contribution in [0.2, 0.25) is 0 Å². The van der Waals surface area contributed by atoms with E-state index in [0.29, 0.717) is 6.42 Å². The Morgan fingerprint density at radius 2 is 1.70 bits per heavy atom. The van der Waals surface area contributed by atoms with Crippen LogP contribution in [0.25, 0.3) is 0 Å². The topological polar surface area (TPSA) is 66.1 Å². The largest absolute Gasteiger partial charge is 0.497 e. The van der Waals surface area contributed by atoms with Gasteiger partial charge in [-0.1, -0.05) is 23.8 Å². The third-order valence-electron chi connectivity index (χ3n) is 6.01. The van der Waals surface area contributed by atoms with E-state index in [1.54, 1.807) is 14.2 Å². The van der Waals surface area contributed by atoms with Crippen LogP contribution in [0.5, 0.6) is 11.5 Å². The molecule has 0 spiro atoms. The van der Waals surface area contributed by atoms with Crippen LogP contribution < -0.4 is 25.2 Å². The Morgan fingerprint density at radius 3 is 2.37 bits per heavy atom. The number of hydrogen-bond acceptors (Lipinski definition) is 6. The molecule has 160 valence electrons. The molecular formula is C23H30N4O3. The second kappa shape index (κ2) is 8.93. The summed E-state index contributed by atoms with van der Waals surface area (Å²) in [5, 5.41) is 0. The molecule has 2 aliphatic rings. The number of nitrogens with zero attached hydrogens (tertiary/aromatic N) is 2. The van der Waals surface area contributed by atoms with Gasteiger partial charge in [0, 0.05) is 43.5 Å². The van der Waals surface area contributed by atoms with Gasteiger partial charge in [-0.25, -0.2) is 10.9 Å². The molecule has 2 atom stereocenters. The number of amides is 1. The van der Waals surface area contributed by atoms with Crippen LogP contribution in [-0.4, -0.2) is 57.2 Å².